The Balaban J connectivity index is 1.69. The number of hydrogen-bond donors (Lipinski definition) is 2. The van der Waals surface area contributed by atoms with E-state index in [2.05, 4.69) is 22.5 Å². The van der Waals surface area contributed by atoms with Crippen molar-refractivity contribution in [2.75, 3.05) is 13.1 Å². The number of urea groups is 1. The molecule has 0 radical (unpaired) electrons. The number of carbonyl (C=O) groups excluding carboxylic acids is 2. The third-order valence-corrected chi connectivity index (χ3v) is 4.42. The van der Waals surface area contributed by atoms with Crippen LogP contribution >= 0.6 is 11.3 Å². The van der Waals surface area contributed by atoms with Crippen LogP contribution in [0, 0.1) is 0 Å². The SMILES string of the molecule is C[C@H]1CCCCN1CC(=O)NC(=O)NCc1cccs1. The van der Waals surface area contributed by atoms with Crippen molar-refractivity contribution < 1.29 is 9.59 Å². The number of hydrogen-bond acceptors (Lipinski definition) is 4. The molecule has 2 rings (SSSR count). The van der Waals surface area contributed by atoms with Gasteiger partial charge in [-0.05, 0) is 37.8 Å². The minimum Gasteiger partial charge on any atom is -0.333 e. The Morgan fingerprint density at radius 2 is 2.30 bits per heavy atom. The molecule has 1 fully saturated rings. The molecule has 3 amide bonds. The fourth-order valence-corrected chi connectivity index (χ4v) is 3.01. The van der Waals surface area contributed by atoms with Gasteiger partial charge < -0.3 is 5.32 Å². The molecule has 1 atom stereocenters. The molecule has 0 aromatic carbocycles. The van der Waals surface area contributed by atoms with Crippen molar-refractivity contribution in [2.24, 2.45) is 0 Å². The lowest BCUT2D eigenvalue weighted by molar-refractivity contribution is -0.122. The Labute approximate surface area is 123 Å². The largest absolute Gasteiger partial charge is 0.333 e. The Bertz CT molecular complexity index is 447. The quantitative estimate of drug-likeness (QED) is 0.892. The highest BCUT2D eigenvalue weighted by atomic mass is 32.1. The first kappa shape index (κ1) is 15.0. The van der Waals surface area contributed by atoms with E-state index in [1.807, 2.05) is 17.5 Å². The Morgan fingerprint density at radius 3 is 3.00 bits per heavy atom. The predicted molar refractivity (Wildman–Crippen MR) is 79.6 cm³/mol. The Kier molecular flexibility index (Phi) is 5.55. The second-order valence-electron chi connectivity index (χ2n) is 5.13. The monoisotopic (exact) mass is 295 g/mol. The number of rotatable bonds is 4. The van der Waals surface area contributed by atoms with Crippen molar-refractivity contribution >= 4 is 23.3 Å². The van der Waals surface area contributed by atoms with Gasteiger partial charge in [-0.2, -0.15) is 0 Å². The number of carbonyl (C=O) groups is 2. The molecule has 0 saturated carbocycles. The van der Waals surface area contributed by atoms with Crippen molar-refractivity contribution in [3.63, 3.8) is 0 Å². The third-order valence-electron chi connectivity index (χ3n) is 3.54. The van der Waals surface area contributed by atoms with Crippen LogP contribution in [0.5, 0.6) is 0 Å². The summed E-state index contributed by atoms with van der Waals surface area (Å²) < 4.78 is 0. The molecule has 0 aliphatic carbocycles. The summed E-state index contributed by atoms with van der Waals surface area (Å²) in [6.07, 6.45) is 3.47. The van der Waals surface area contributed by atoms with Crippen LogP contribution in [0.2, 0.25) is 0 Å². The zero-order valence-corrected chi connectivity index (χ0v) is 12.5. The first-order chi connectivity index (χ1) is 9.65. The first-order valence-corrected chi connectivity index (χ1v) is 7.87. The molecule has 0 spiro atoms. The van der Waals surface area contributed by atoms with Gasteiger partial charge in [0.05, 0.1) is 13.1 Å². The van der Waals surface area contributed by atoms with Crippen molar-refractivity contribution in [2.45, 2.75) is 38.8 Å². The van der Waals surface area contributed by atoms with Gasteiger partial charge in [-0.1, -0.05) is 12.5 Å². The summed E-state index contributed by atoms with van der Waals surface area (Å²) in [4.78, 5) is 26.6. The highest BCUT2D eigenvalue weighted by Gasteiger charge is 2.21. The van der Waals surface area contributed by atoms with E-state index >= 15 is 0 Å². The van der Waals surface area contributed by atoms with Crippen molar-refractivity contribution in [3.8, 4) is 0 Å². The standard InChI is InChI=1S/C14H21N3O2S/c1-11-5-2-3-7-17(11)10-13(18)16-14(19)15-9-12-6-4-8-20-12/h4,6,8,11H,2-3,5,7,9-10H2,1H3,(H2,15,16,18,19)/t11-/m0/s1. The average molecular weight is 295 g/mol. The normalized spacial score (nSPS) is 19.6. The summed E-state index contributed by atoms with van der Waals surface area (Å²) in [6, 6.07) is 3.88. The minimum atomic E-state index is -0.423. The number of imide groups is 1. The lowest BCUT2D eigenvalue weighted by atomic mass is 10.0. The second kappa shape index (κ2) is 7.40. The van der Waals surface area contributed by atoms with Crippen LogP contribution in [0.25, 0.3) is 0 Å². The Morgan fingerprint density at radius 1 is 1.45 bits per heavy atom. The number of nitrogens with one attached hydrogen (secondary N) is 2. The number of thiophene rings is 1. The van der Waals surface area contributed by atoms with Gasteiger partial charge >= 0.3 is 6.03 Å². The van der Waals surface area contributed by atoms with Crippen molar-refractivity contribution in [1.82, 2.24) is 15.5 Å². The van der Waals surface area contributed by atoms with Gasteiger partial charge in [0.2, 0.25) is 5.91 Å². The molecule has 1 saturated heterocycles. The summed E-state index contributed by atoms with van der Waals surface area (Å²) >= 11 is 1.58. The van der Waals surface area contributed by atoms with Gasteiger partial charge in [0, 0.05) is 10.9 Å². The van der Waals surface area contributed by atoms with Gasteiger partial charge in [0.1, 0.15) is 0 Å². The fraction of sp³-hybridized carbons (Fsp3) is 0.571. The van der Waals surface area contributed by atoms with E-state index in [0.29, 0.717) is 19.1 Å². The van der Waals surface area contributed by atoms with Gasteiger partial charge in [-0.25, -0.2) is 4.79 Å². The predicted octanol–water partition coefficient (Wildman–Crippen LogP) is 1.95. The average Bonchev–Trinajstić information content (AvgIpc) is 2.92. The minimum absolute atomic E-state index is 0.234. The maximum absolute atomic E-state index is 11.8. The summed E-state index contributed by atoms with van der Waals surface area (Å²) in [5.41, 5.74) is 0. The van der Waals surface area contributed by atoms with E-state index in [1.54, 1.807) is 11.3 Å². The highest BCUT2D eigenvalue weighted by Crippen LogP contribution is 2.15. The summed E-state index contributed by atoms with van der Waals surface area (Å²) in [7, 11) is 0. The summed E-state index contributed by atoms with van der Waals surface area (Å²) in [5.74, 6) is -0.234. The molecule has 2 heterocycles. The van der Waals surface area contributed by atoms with Gasteiger partial charge in [0.15, 0.2) is 0 Å². The molecule has 0 unspecified atom stereocenters. The maximum atomic E-state index is 11.8. The molecule has 2 N–H and O–H groups in total. The van der Waals surface area contributed by atoms with Crippen LogP contribution in [0.3, 0.4) is 0 Å². The van der Waals surface area contributed by atoms with Crippen LogP contribution in [-0.2, 0) is 11.3 Å². The van der Waals surface area contributed by atoms with E-state index in [0.717, 1.165) is 24.3 Å². The van der Waals surface area contributed by atoms with E-state index in [1.165, 1.54) is 6.42 Å². The molecule has 110 valence electrons. The van der Waals surface area contributed by atoms with Crippen LogP contribution in [-0.4, -0.2) is 36.0 Å². The van der Waals surface area contributed by atoms with Crippen molar-refractivity contribution in [1.29, 1.82) is 0 Å². The molecule has 5 nitrogen and oxygen atoms in total. The summed E-state index contributed by atoms with van der Waals surface area (Å²) in [5, 5.41) is 7.03. The molecule has 1 aromatic rings. The molecule has 6 heteroatoms. The molecule has 1 aliphatic rings. The van der Waals surface area contributed by atoms with Gasteiger partial charge in [0.25, 0.3) is 0 Å². The van der Waals surface area contributed by atoms with Crippen LogP contribution in [0.15, 0.2) is 17.5 Å². The number of piperidine rings is 1. The topological polar surface area (TPSA) is 61.4 Å². The zero-order chi connectivity index (χ0) is 14.4. The number of amides is 3. The summed E-state index contributed by atoms with van der Waals surface area (Å²) in [6.45, 7) is 3.82. The van der Waals surface area contributed by atoms with Crippen LogP contribution in [0.4, 0.5) is 4.79 Å². The molecule has 20 heavy (non-hydrogen) atoms. The van der Waals surface area contributed by atoms with Gasteiger partial charge in [-0.3, -0.25) is 15.0 Å². The van der Waals surface area contributed by atoms with Crippen LogP contribution in [0.1, 0.15) is 31.1 Å². The van der Waals surface area contributed by atoms with Gasteiger partial charge in [-0.15, -0.1) is 11.3 Å². The number of likely N-dealkylation sites (tertiary alicyclic amines) is 1. The third kappa shape index (κ3) is 4.61. The zero-order valence-electron chi connectivity index (χ0n) is 11.7. The van der Waals surface area contributed by atoms with E-state index in [4.69, 9.17) is 0 Å². The lowest BCUT2D eigenvalue weighted by Gasteiger charge is -2.32. The lowest BCUT2D eigenvalue weighted by Crippen LogP contribution is -2.47. The first-order valence-electron chi connectivity index (χ1n) is 6.99. The molecular formula is C14H21N3O2S. The van der Waals surface area contributed by atoms with Crippen LogP contribution < -0.4 is 10.6 Å². The number of nitrogens with zero attached hydrogens (tertiary/aromatic N) is 1. The maximum Gasteiger partial charge on any atom is 0.321 e. The highest BCUT2D eigenvalue weighted by molar-refractivity contribution is 7.09. The smallest absolute Gasteiger partial charge is 0.321 e. The van der Waals surface area contributed by atoms with E-state index < -0.39 is 6.03 Å². The van der Waals surface area contributed by atoms with Crippen molar-refractivity contribution in [3.05, 3.63) is 22.4 Å². The fourth-order valence-electron chi connectivity index (χ4n) is 2.37. The van der Waals surface area contributed by atoms with E-state index in [9.17, 15) is 9.59 Å². The molecule has 1 aliphatic heterocycles. The second-order valence-corrected chi connectivity index (χ2v) is 6.16. The van der Waals surface area contributed by atoms with E-state index in [-0.39, 0.29) is 5.91 Å². The molecule has 0 bridgehead atoms. The Hall–Kier alpha value is -1.40. The molecule has 1 aromatic heterocycles. The molecular weight excluding hydrogens is 274 g/mol.